The molecule has 2 aromatic rings. The molecule has 9 heteroatoms. The van der Waals surface area contributed by atoms with Crippen molar-refractivity contribution in [2.24, 2.45) is 4.99 Å². The van der Waals surface area contributed by atoms with Gasteiger partial charge in [-0.05, 0) is 30.3 Å². The molecule has 3 N–H and O–H groups in total. The van der Waals surface area contributed by atoms with Crippen molar-refractivity contribution in [1.29, 1.82) is 0 Å². The topological polar surface area (TPSA) is 78.7 Å². The monoisotopic (exact) mass is 464 g/mol. The van der Waals surface area contributed by atoms with Crippen molar-refractivity contribution in [3.63, 3.8) is 0 Å². The van der Waals surface area contributed by atoms with Crippen molar-refractivity contribution in [3.05, 3.63) is 59.6 Å². The van der Waals surface area contributed by atoms with Crippen LogP contribution in [0.2, 0.25) is 0 Å². The molecule has 0 atom stereocenters. The minimum absolute atomic E-state index is 0. The Morgan fingerprint density at radius 3 is 2.64 bits per heavy atom. The molecule has 0 saturated carbocycles. The summed E-state index contributed by atoms with van der Waals surface area (Å²) < 4.78 is 31.7. The molecular weight excluding hydrogens is 445 g/mol. The minimum Gasteiger partial charge on any atom is -0.467 e. The predicted molar refractivity (Wildman–Crippen MR) is 101 cm³/mol. The average molecular weight is 464 g/mol. The number of furan rings is 1. The lowest BCUT2D eigenvalue weighted by Gasteiger charge is -2.12. The van der Waals surface area contributed by atoms with Gasteiger partial charge in [-0.3, -0.25) is 9.79 Å². The van der Waals surface area contributed by atoms with Crippen LogP contribution in [0.1, 0.15) is 11.3 Å². The molecule has 1 aromatic heterocycles. The van der Waals surface area contributed by atoms with Gasteiger partial charge < -0.3 is 20.4 Å². The standard InChI is InChI=1S/C16H18F2N4O2.HI/c1-19-16(21-8-11-7-12(17)4-5-14(11)18)22-10-15(23)20-9-13-3-2-6-24-13;/h2-7H,8-10H2,1H3,(H,20,23)(H2,19,21,22);1H. The second-order valence-corrected chi connectivity index (χ2v) is 4.87. The van der Waals surface area contributed by atoms with Gasteiger partial charge in [0.2, 0.25) is 5.91 Å². The molecule has 0 aliphatic heterocycles. The zero-order valence-electron chi connectivity index (χ0n) is 13.5. The lowest BCUT2D eigenvalue weighted by molar-refractivity contribution is -0.120. The van der Waals surface area contributed by atoms with Gasteiger partial charge in [0.15, 0.2) is 5.96 Å². The van der Waals surface area contributed by atoms with Crippen LogP contribution in [-0.4, -0.2) is 25.5 Å². The van der Waals surface area contributed by atoms with E-state index in [4.69, 9.17) is 4.42 Å². The van der Waals surface area contributed by atoms with E-state index in [9.17, 15) is 13.6 Å². The molecule has 1 aromatic carbocycles. The highest BCUT2D eigenvalue weighted by molar-refractivity contribution is 14.0. The summed E-state index contributed by atoms with van der Waals surface area (Å²) in [6, 6.07) is 6.70. The SMILES string of the molecule is CN=C(NCC(=O)NCc1ccco1)NCc1cc(F)ccc1F.I. The average Bonchev–Trinajstić information content (AvgIpc) is 3.09. The Morgan fingerprint density at radius 2 is 1.96 bits per heavy atom. The Hall–Kier alpha value is -2.17. The van der Waals surface area contributed by atoms with Crippen LogP contribution in [0.4, 0.5) is 8.78 Å². The van der Waals surface area contributed by atoms with Gasteiger partial charge in [0.1, 0.15) is 17.4 Å². The van der Waals surface area contributed by atoms with Crippen LogP contribution in [0.5, 0.6) is 0 Å². The van der Waals surface area contributed by atoms with Crippen LogP contribution in [0.15, 0.2) is 46.0 Å². The number of rotatable bonds is 6. The number of guanidine groups is 1. The molecule has 25 heavy (non-hydrogen) atoms. The van der Waals surface area contributed by atoms with E-state index < -0.39 is 11.6 Å². The maximum absolute atomic E-state index is 13.5. The third kappa shape index (κ3) is 7.08. The van der Waals surface area contributed by atoms with E-state index in [0.29, 0.717) is 11.7 Å². The molecule has 136 valence electrons. The van der Waals surface area contributed by atoms with E-state index in [0.717, 1.165) is 18.2 Å². The molecule has 0 aliphatic rings. The first-order valence-corrected chi connectivity index (χ1v) is 7.26. The normalized spacial score (nSPS) is 10.8. The summed E-state index contributed by atoms with van der Waals surface area (Å²) in [6.45, 7) is 0.303. The summed E-state index contributed by atoms with van der Waals surface area (Å²) >= 11 is 0. The predicted octanol–water partition coefficient (Wildman–Crippen LogP) is 2.16. The third-order valence-electron chi connectivity index (χ3n) is 3.13. The van der Waals surface area contributed by atoms with Crippen LogP contribution in [0, 0.1) is 11.6 Å². The zero-order chi connectivity index (χ0) is 17.4. The molecule has 1 amide bonds. The summed E-state index contributed by atoms with van der Waals surface area (Å²) in [5.41, 5.74) is 0.167. The molecule has 0 fully saturated rings. The van der Waals surface area contributed by atoms with Gasteiger partial charge >= 0.3 is 0 Å². The van der Waals surface area contributed by atoms with Crippen LogP contribution >= 0.6 is 24.0 Å². The third-order valence-corrected chi connectivity index (χ3v) is 3.13. The van der Waals surface area contributed by atoms with E-state index in [2.05, 4.69) is 20.9 Å². The highest BCUT2D eigenvalue weighted by atomic mass is 127. The second-order valence-electron chi connectivity index (χ2n) is 4.87. The van der Waals surface area contributed by atoms with Crippen LogP contribution in [-0.2, 0) is 17.9 Å². The number of hydrogen-bond donors (Lipinski definition) is 3. The van der Waals surface area contributed by atoms with E-state index >= 15 is 0 Å². The van der Waals surface area contributed by atoms with Gasteiger partial charge in [-0.15, -0.1) is 24.0 Å². The summed E-state index contributed by atoms with van der Waals surface area (Å²) in [6.07, 6.45) is 1.52. The first kappa shape index (κ1) is 20.9. The molecular formula is C16H19F2IN4O2. The number of benzene rings is 1. The fourth-order valence-electron chi connectivity index (χ4n) is 1.90. The summed E-state index contributed by atoms with van der Waals surface area (Å²) in [5, 5.41) is 8.26. The van der Waals surface area contributed by atoms with Gasteiger partial charge in [0, 0.05) is 19.2 Å². The maximum atomic E-state index is 13.5. The Kier molecular flexibility index (Phi) is 8.89. The number of halogens is 3. The van der Waals surface area contributed by atoms with Crippen LogP contribution in [0.3, 0.4) is 0 Å². The molecule has 0 radical (unpaired) electrons. The maximum Gasteiger partial charge on any atom is 0.239 e. The van der Waals surface area contributed by atoms with Crippen molar-refractivity contribution >= 4 is 35.8 Å². The van der Waals surface area contributed by atoms with Crippen LogP contribution < -0.4 is 16.0 Å². The highest BCUT2D eigenvalue weighted by Gasteiger charge is 2.07. The number of nitrogens with one attached hydrogen (secondary N) is 3. The van der Waals surface area contributed by atoms with E-state index in [1.807, 2.05) is 0 Å². The molecule has 0 saturated heterocycles. The highest BCUT2D eigenvalue weighted by Crippen LogP contribution is 2.08. The van der Waals surface area contributed by atoms with E-state index in [1.165, 1.54) is 13.3 Å². The first-order valence-electron chi connectivity index (χ1n) is 7.26. The minimum atomic E-state index is -0.520. The largest absolute Gasteiger partial charge is 0.467 e. The van der Waals surface area contributed by atoms with Gasteiger partial charge in [-0.1, -0.05) is 0 Å². The van der Waals surface area contributed by atoms with Gasteiger partial charge in [-0.2, -0.15) is 0 Å². The lowest BCUT2D eigenvalue weighted by atomic mass is 10.2. The zero-order valence-corrected chi connectivity index (χ0v) is 15.8. The Balaban J connectivity index is 0.00000312. The fraction of sp³-hybridized carbons (Fsp3) is 0.250. The van der Waals surface area contributed by atoms with Crippen molar-refractivity contribution in [1.82, 2.24) is 16.0 Å². The van der Waals surface area contributed by atoms with Crippen molar-refractivity contribution in [2.75, 3.05) is 13.6 Å². The van der Waals surface area contributed by atoms with Gasteiger partial charge in [0.05, 0.1) is 19.4 Å². The van der Waals surface area contributed by atoms with Gasteiger partial charge in [-0.25, -0.2) is 8.78 Å². The van der Waals surface area contributed by atoms with Crippen molar-refractivity contribution in [2.45, 2.75) is 13.1 Å². The molecule has 6 nitrogen and oxygen atoms in total. The number of carbonyl (C=O) groups is 1. The molecule has 1 heterocycles. The molecule has 0 bridgehead atoms. The number of amides is 1. The summed E-state index contributed by atoms with van der Waals surface area (Å²) in [7, 11) is 1.51. The summed E-state index contributed by atoms with van der Waals surface area (Å²) in [5.74, 6) is -0.352. The number of hydrogen-bond acceptors (Lipinski definition) is 3. The fourth-order valence-corrected chi connectivity index (χ4v) is 1.90. The smallest absolute Gasteiger partial charge is 0.239 e. The number of aliphatic imine (C=N–C) groups is 1. The molecule has 0 unspecified atom stereocenters. The summed E-state index contributed by atoms with van der Waals surface area (Å²) in [4.78, 5) is 15.6. The molecule has 0 aliphatic carbocycles. The van der Waals surface area contributed by atoms with Crippen LogP contribution in [0.25, 0.3) is 0 Å². The van der Waals surface area contributed by atoms with E-state index in [1.54, 1.807) is 12.1 Å². The number of carbonyl (C=O) groups excluding carboxylic acids is 1. The van der Waals surface area contributed by atoms with E-state index in [-0.39, 0.29) is 55.1 Å². The molecule has 2 rings (SSSR count). The van der Waals surface area contributed by atoms with Gasteiger partial charge in [0.25, 0.3) is 0 Å². The Morgan fingerprint density at radius 1 is 1.16 bits per heavy atom. The van der Waals surface area contributed by atoms with Crippen molar-refractivity contribution in [3.8, 4) is 0 Å². The Labute approximate surface area is 161 Å². The second kappa shape index (κ2) is 10.6. The molecule has 0 spiro atoms. The number of nitrogens with zero attached hydrogens (tertiary/aromatic N) is 1. The van der Waals surface area contributed by atoms with Crippen molar-refractivity contribution < 1.29 is 18.0 Å². The lowest BCUT2D eigenvalue weighted by Crippen LogP contribution is -2.42. The Bertz CT molecular complexity index is 708. The first-order chi connectivity index (χ1) is 11.6. The quantitative estimate of drug-likeness (QED) is 0.348.